The van der Waals surface area contributed by atoms with Crippen molar-refractivity contribution in [1.29, 1.82) is 0 Å². The molecular formula is C20H27N5O3. The Balaban J connectivity index is 1.65. The van der Waals surface area contributed by atoms with Gasteiger partial charge in [-0.1, -0.05) is 0 Å². The van der Waals surface area contributed by atoms with Crippen LogP contribution in [0.1, 0.15) is 35.0 Å². The lowest BCUT2D eigenvalue weighted by Gasteiger charge is -2.18. The molecule has 0 aliphatic carbocycles. The van der Waals surface area contributed by atoms with Crippen LogP contribution in [0.5, 0.6) is 0 Å². The summed E-state index contributed by atoms with van der Waals surface area (Å²) in [4.78, 5) is 39.2. The van der Waals surface area contributed by atoms with Gasteiger partial charge in [-0.15, -0.1) is 0 Å². The highest BCUT2D eigenvalue weighted by molar-refractivity contribution is 5.95. The first kappa shape index (κ1) is 19.9. The van der Waals surface area contributed by atoms with E-state index in [4.69, 9.17) is 0 Å². The lowest BCUT2D eigenvalue weighted by Crippen LogP contribution is -2.37. The molecule has 3 rings (SSSR count). The van der Waals surface area contributed by atoms with Gasteiger partial charge >= 0.3 is 0 Å². The fraction of sp³-hybridized carbons (Fsp3) is 0.500. The zero-order chi connectivity index (χ0) is 20.4. The molecule has 0 unspecified atom stereocenters. The molecule has 1 aliphatic heterocycles. The minimum atomic E-state index is -0.321. The molecule has 8 heteroatoms. The van der Waals surface area contributed by atoms with Crippen molar-refractivity contribution < 1.29 is 4.79 Å². The van der Waals surface area contributed by atoms with Gasteiger partial charge in [0, 0.05) is 45.0 Å². The molecule has 3 heterocycles. The molecule has 1 fully saturated rings. The van der Waals surface area contributed by atoms with Gasteiger partial charge in [0.2, 0.25) is 0 Å². The van der Waals surface area contributed by atoms with Crippen molar-refractivity contribution in [1.82, 2.24) is 19.7 Å². The summed E-state index contributed by atoms with van der Waals surface area (Å²) in [5.74, 6) is -0.0643. The van der Waals surface area contributed by atoms with E-state index in [0.717, 1.165) is 30.9 Å². The largest absolute Gasteiger partial charge is 0.370 e. The fourth-order valence-electron chi connectivity index (χ4n) is 3.79. The maximum atomic E-state index is 12.7. The number of aromatic nitrogens is 3. The Morgan fingerprint density at radius 1 is 1.29 bits per heavy atom. The summed E-state index contributed by atoms with van der Waals surface area (Å²) in [5, 5.41) is 6.99. The molecular weight excluding hydrogens is 358 g/mol. The van der Waals surface area contributed by atoms with Gasteiger partial charge in [0.25, 0.3) is 17.0 Å². The average molecular weight is 385 g/mol. The van der Waals surface area contributed by atoms with E-state index in [1.807, 2.05) is 19.9 Å². The first-order valence-electron chi connectivity index (χ1n) is 9.59. The zero-order valence-corrected chi connectivity index (χ0v) is 16.9. The van der Waals surface area contributed by atoms with E-state index in [1.165, 1.54) is 4.68 Å². The maximum Gasteiger partial charge on any atom is 0.268 e. The van der Waals surface area contributed by atoms with Crippen LogP contribution < -0.4 is 21.3 Å². The molecule has 1 saturated heterocycles. The van der Waals surface area contributed by atoms with E-state index in [0.29, 0.717) is 18.7 Å². The summed E-state index contributed by atoms with van der Waals surface area (Å²) in [6.07, 6.45) is 2.59. The second-order valence-corrected chi connectivity index (χ2v) is 7.38. The first-order valence-corrected chi connectivity index (χ1v) is 9.59. The molecule has 1 amide bonds. The quantitative estimate of drug-likeness (QED) is 0.824. The molecule has 1 N–H and O–H groups in total. The first-order chi connectivity index (χ1) is 13.3. The number of carbonyl (C=O) groups is 1. The van der Waals surface area contributed by atoms with E-state index in [-0.39, 0.29) is 28.5 Å². The standard InChI is InChI=1S/C20H27N5O3/c1-5-25-14(3)8-13(2)18(20(25)28)19(27)21-10-15-6-7-24(12-15)16-9-17(26)23(4)22-11-16/h8-9,11,15H,5-7,10,12H2,1-4H3,(H,21,27)/t15-/m0/s1. The molecule has 150 valence electrons. The van der Waals surface area contributed by atoms with Crippen LogP contribution in [-0.2, 0) is 13.6 Å². The minimum absolute atomic E-state index is 0.142. The van der Waals surface area contributed by atoms with E-state index in [1.54, 1.807) is 30.8 Å². The molecule has 0 saturated carbocycles. The smallest absolute Gasteiger partial charge is 0.268 e. The Morgan fingerprint density at radius 2 is 2.04 bits per heavy atom. The molecule has 1 atom stereocenters. The van der Waals surface area contributed by atoms with Crippen molar-refractivity contribution in [3.63, 3.8) is 0 Å². The van der Waals surface area contributed by atoms with Crippen molar-refractivity contribution in [2.75, 3.05) is 24.5 Å². The number of pyridine rings is 1. The maximum absolute atomic E-state index is 12.7. The van der Waals surface area contributed by atoms with Crippen LogP contribution in [0, 0.1) is 19.8 Å². The Labute approximate surface area is 163 Å². The molecule has 0 spiro atoms. The van der Waals surface area contributed by atoms with Gasteiger partial charge < -0.3 is 14.8 Å². The van der Waals surface area contributed by atoms with Gasteiger partial charge in [-0.2, -0.15) is 5.10 Å². The normalized spacial score (nSPS) is 16.4. The number of rotatable bonds is 5. The topological polar surface area (TPSA) is 89.2 Å². The van der Waals surface area contributed by atoms with Crippen molar-refractivity contribution in [2.24, 2.45) is 13.0 Å². The summed E-state index contributed by atoms with van der Waals surface area (Å²) >= 11 is 0. The van der Waals surface area contributed by atoms with Crippen LogP contribution >= 0.6 is 0 Å². The summed E-state index contributed by atoms with van der Waals surface area (Å²) in [6, 6.07) is 3.46. The van der Waals surface area contributed by atoms with E-state index in [9.17, 15) is 14.4 Å². The van der Waals surface area contributed by atoms with E-state index in [2.05, 4.69) is 15.3 Å². The van der Waals surface area contributed by atoms with Gasteiger partial charge in [-0.25, -0.2) is 4.68 Å². The predicted molar refractivity (Wildman–Crippen MR) is 108 cm³/mol. The molecule has 1 aliphatic rings. The molecule has 8 nitrogen and oxygen atoms in total. The lowest BCUT2D eigenvalue weighted by atomic mass is 10.1. The molecule has 2 aromatic rings. The van der Waals surface area contributed by atoms with Crippen molar-refractivity contribution in [3.05, 3.63) is 55.9 Å². The SMILES string of the molecule is CCn1c(C)cc(C)c(C(=O)NC[C@@H]2CCN(c3cnn(C)c(=O)c3)C2)c1=O. The fourth-order valence-corrected chi connectivity index (χ4v) is 3.79. The van der Waals surface area contributed by atoms with Crippen molar-refractivity contribution in [3.8, 4) is 0 Å². The Hall–Kier alpha value is -2.90. The number of anilines is 1. The highest BCUT2D eigenvalue weighted by Gasteiger charge is 2.25. The van der Waals surface area contributed by atoms with Gasteiger partial charge in [0.15, 0.2) is 0 Å². The highest BCUT2D eigenvalue weighted by atomic mass is 16.2. The number of nitrogens with one attached hydrogen (secondary N) is 1. The Morgan fingerprint density at radius 3 is 2.71 bits per heavy atom. The zero-order valence-electron chi connectivity index (χ0n) is 16.9. The summed E-state index contributed by atoms with van der Waals surface area (Å²) in [5.41, 5.74) is 2.20. The number of hydrogen-bond donors (Lipinski definition) is 1. The van der Waals surface area contributed by atoms with Crippen LogP contribution in [0.2, 0.25) is 0 Å². The third-order valence-electron chi connectivity index (χ3n) is 5.40. The third kappa shape index (κ3) is 3.85. The second-order valence-electron chi connectivity index (χ2n) is 7.38. The summed E-state index contributed by atoms with van der Waals surface area (Å²) in [7, 11) is 1.62. The number of aryl methyl sites for hydroxylation is 3. The molecule has 0 bridgehead atoms. The van der Waals surface area contributed by atoms with Gasteiger partial charge in [-0.3, -0.25) is 14.4 Å². The molecule has 2 aromatic heterocycles. The van der Waals surface area contributed by atoms with Crippen LogP contribution in [0.4, 0.5) is 5.69 Å². The Bertz CT molecular complexity index is 1010. The number of hydrogen-bond acceptors (Lipinski definition) is 5. The number of amides is 1. The van der Waals surface area contributed by atoms with Crippen LogP contribution in [0.15, 0.2) is 27.9 Å². The van der Waals surface area contributed by atoms with Crippen LogP contribution in [0.3, 0.4) is 0 Å². The van der Waals surface area contributed by atoms with Crippen LogP contribution in [0.25, 0.3) is 0 Å². The van der Waals surface area contributed by atoms with Gasteiger partial charge in [-0.05, 0) is 44.7 Å². The number of nitrogens with zero attached hydrogens (tertiary/aromatic N) is 4. The molecule has 28 heavy (non-hydrogen) atoms. The van der Waals surface area contributed by atoms with Gasteiger partial charge in [0.1, 0.15) is 5.56 Å². The molecule has 0 radical (unpaired) electrons. The molecule has 0 aromatic carbocycles. The summed E-state index contributed by atoms with van der Waals surface area (Å²) in [6.45, 7) is 8.13. The van der Waals surface area contributed by atoms with E-state index >= 15 is 0 Å². The van der Waals surface area contributed by atoms with Crippen molar-refractivity contribution >= 4 is 11.6 Å². The predicted octanol–water partition coefficient (Wildman–Crippen LogP) is 0.835. The minimum Gasteiger partial charge on any atom is -0.370 e. The monoisotopic (exact) mass is 385 g/mol. The summed E-state index contributed by atoms with van der Waals surface area (Å²) < 4.78 is 2.91. The van der Waals surface area contributed by atoms with Crippen LogP contribution in [-0.4, -0.2) is 39.9 Å². The van der Waals surface area contributed by atoms with Gasteiger partial charge in [0.05, 0.1) is 11.9 Å². The Kier molecular flexibility index (Phi) is 5.67. The number of carbonyl (C=O) groups excluding carboxylic acids is 1. The lowest BCUT2D eigenvalue weighted by molar-refractivity contribution is 0.0945. The average Bonchev–Trinajstić information content (AvgIpc) is 3.11. The van der Waals surface area contributed by atoms with Crippen molar-refractivity contribution in [2.45, 2.75) is 33.7 Å². The van der Waals surface area contributed by atoms with E-state index < -0.39 is 0 Å². The highest BCUT2D eigenvalue weighted by Crippen LogP contribution is 2.21. The second kappa shape index (κ2) is 8.00. The third-order valence-corrected chi connectivity index (χ3v) is 5.40.